The number of amides is 1. The summed E-state index contributed by atoms with van der Waals surface area (Å²) in [7, 11) is -2.08. The van der Waals surface area contributed by atoms with E-state index in [4.69, 9.17) is 5.11 Å². The van der Waals surface area contributed by atoms with Gasteiger partial charge in [0.15, 0.2) is 0 Å². The number of nitrogens with zero attached hydrogens (tertiary/aromatic N) is 2. The Balaban J connectivity index is 2.17. The lowest BCUT2D eigenvalue weighted by molar-refractivity contribution is -0.143. The molecule has 1 aliphatic rings. The summed E-state index contributed by atoms with van der Waals surface area (Å²) < 4.78 is 26.1. The van der Waals surface area contributed by atoms with Crippen LogP contribution in [0.1, 0.15) is 37.0 Å². The van der Waals surface area contributed by atoms with Crippen molar-refractivity contribution >= 4 is 21.9 Å². The number of hydrogen-bond donors (Lipinski definition) is 1. The van der Waals surface area contributed by atoms with Crippen molar-refractivity contribution in [2.24, 2.45) is 5.92 Å². The van der Waals surface area contributed by atoms with Crippen molar-refractivity contribution in [2.75, 3.05) is 20.1 Å². The Labute approximate surface area is 148 Å². The maximum Gasteiger partial charge on any atom is 0.308 e. The van der Waals surface area contributed by atoms with E-state index in [1.54, 1.807) is 13.8 Å². The van der Waals surface area contributed by atoms with Crippen LogP contribution in [0, 0.1) is 5.92 Å². The topological polar surface area (TPSA) is 95.0 Å². The molecule has 138 valence electrons. The molecule has 1 N–H and O–H groups in total. The van der Waals surface area contributed by atoms with Crippen LogP contribution in [0.3, 0.4) is 0 Å². The number of carbonyl (C=O) groups excluding carboxylic acids is 1. The average Bonchev–Trinajstić information content (AvgIpc) is 2.60. The number of carbonyl (C=O) groups is 2. The molecule has 0 aromatic heterocycles. The number of rotatable bonds is 5. The highest BCUT2D eigenvalue weighted by Crippen LogP contribution is 2.21. The van der Waals surface area contributed by atoms with Gasteiger partial charge in [-0.25, -0.2) is 8.42 Å². The fraction of sp³-hybridized carbons (Fsp3) is 0.529. The quantitative estimate of drug-likeness (QED) is 0.853. The van der Waals surface area contributed by atoms with E-state index in [0.29, 0.717) is 24.9 Å². The molecule has 25 heavy (non-hydrogen) atoms. The highest BCUT2D eigenvalue weighted by Gasteiger charge is 2.29. The molecule has 7 nitrogen and oxygen atoms in total. The predicted molar refractivity (Wildman–Crippen MR) is 92.8 cm³/mol. The lowest BCUT2D eigenvalue weighted by Crippen LogP contribution is -2.42. The number of benzene rings is 1. The molecule has 1 atom stereocenters. The molecule has 1 aliphatic heterocycles. The highest BCUT2D eigenvalue weighted by atomic mass is 32.2. The summed E-state index contributed by atoms with van der Waals surface area (Å²) in [6.45, 7) is 4.26. The average molecular weight is 368 g/mol. The second kappa shape index (κ2) is 7.53. The van der Waals surface area contributed by atoms with E-state index in [-0.39, 0.29) is 23.4 Å². The van der Waals surface area contributed by atoms with Gasteiger partial charge in [0.2, 0.25) is 10.0 Å². The van der Waals surface area contributed by atoms with Crippen LogP contribution in [-0.2, 0) is 14.8 Å². The van der Waals surface area contributed by atoms with Gasteiger partial charge in [0.1, 0.15) is 0 Å². The van der Waals surface area contributed by atoms with Crippen LogP contribution in [-0.4, -0.2) is 60.8 Å². The first-order valence-electron chi connectivity index (χ1n) is 8.24. The van der Waals surface area contributed by atoms with Gasteiger partial charge in [-0.2, -0.15) is 4.31 Å². The fourth-order valence-electron chi connectivity index (χ4n) is 2.76. The number of hydrogen-bond acceptors (Lipinski definition) is 4. The van der Waals surface area contributed by atoms with Gasteiger partial charge in [0.25, 0.3) is 5.91 Å². The minimum Gasteiger partial charge on any atom is -0.481 e. The van der Waals surface area contributed by atoms with Gasteiger partial charge in [0, 0.05) is 31.7 Å². The molecular formula is C17H24N2O5S. The third-order valence-electron chi connectivity index (χ3n) is 4.56. The summed E-state index contributed by atoms with van der Waals surface area (Å²) in [6.07, 6.45) is 1.21. The fourth-order valence-corrected chi connectivity index (χ4v) is 4.13. The van der Waals surface area contributed by atoms with E-state index in [0.717, 1.165) is 0 Å². The van der Waals surface area contributed by atoms with Gasteiger partial charge >= 0.3 is 5.97 Å². The van der Waals surface area contributed by atoms with Crippen LogP contribution >= 0.6 is 0 Å². The predicted octanol–water partition coefficient (Wildman–Crippen LogP) is 1.65. The Morgan fingerprint density at radius 1 is 1.24 bits per heavy atom. The van der Waals surface area contributed by atoms with E-state index in [9.17, 15) is 18.0 Å². The number of aliphatic carboxylic acids is 1. The van der Waals surface area contributed by atoms with Crippen LogP contribution in [0.5, 0.6) is 0 Å². The Morgan fingerprint density at radius 2 is 1.84 bits per heavy atom. The molecular weight excluding hydrogens is 344 g/mol. The summed E-state index contributed by atoms with van der Waals surface area (Å²) >= 11 is 0. The Morgan fingerprint density at radius 3 is 2.36 bits per heavy atom. The second-order valence-electron chi connectivity index (χ2n) is 6.57. The molecule has 1 amide bonds. The van der Waals surface area contributed by atoms with Gasteiger partial charge in [-0.3, -0.25) is 9.59 Å². The van der Waals surface area contributed by atoms with Gasteiger partial charge in [-0.1, -0.05) is 0 Å². The van der Waals surface area contributed by atoms with E-state index in [1.165, 1.54) is 40.5 Å². The number of piperidine rings is 1. The minimum absolute atomic E-state index is 0.127. The molecule has 2 rings (SSSR count). The zero-order valence-corrected chi connectivity index (χ0v) is 15.5. The minimum atomic E-state index is -3.59. The smallest absolute Gasteiger partial charge is 0.308 e. The lowest BCUT2D eigenvalue weighted by atomic mass is 9.97. The van der Waals surface area contributed by atoms with Crippen molar-refractivity contribution in [1.29, 1.82) is 0 Å². The Bertz CT molecular complexity index is 743. The van der Waals surface area contributed by atoms with Gasteiger partial charge in [-0.05, 0) is 51.0 Å². The van der Waals surface area contributed by atoms with Gasteiger partial charge < -0.3 is 10.0 Å². The molecule has 0 spiro atoms. The Kier molecular flexibility index (Phi) is 5.84. The molecule has 1 aromatic rings. The summed E-state index contributed by atoms with van der Waals surface area (Å²) in [4.78, 5) is 25.3. The van der Waals surface area contributed by atoms with E-state index in [2.05, 4.69) is 0 Å². The van der Waals surface area contributed by atoms with Crippen molar-refractivity contribution in [2.45, 2.75) is 37.6 Å². The van der Waals surface area contributed by atoms with Crippen LogP contribution in [0.15, 0.2) is 29.2 Å². The van der Waals surface area contributed by atoms with E-state index < -0.39 is 21.9 Å². The van der Waals surface area contributed by atoms with Crippen molar-refractivity contribution in [3.63, 3.8) is 0 Å². The second-order valence-corrected chi connectivity index (χ2v) is 8.57. The molecule has 0 radical (unpaired) electrons. The SMILES string of the molecule is CC(C)N(C)S(=O)(=O)c1ccc(C(=O)N2CCC[C@H](C(=O)O)C2)cc1. The van der Waals surface area contributed by atoms with Crippen LogP contribution in [0.4, 0.5) is 0 Å². The third-order valence-corrected chi connectivity index (χ3v) is 6.61. The molecule has 1 aromatic carbocycles. The zero-order chi connectivity index (χ0) is 18.8. The molecule has 0 aliphatic carbocycles. The standard InChI is InChI=1S/C17H24N2O5S/c1-12(2)18(3)25(23,24)15-8-6-13(7-9-15)16(20)19-10-4-5-14(11-19)17(21)22/h6-9,12,14H,4-5,10-11H2,1-3H3,(H,21,22)/t14-/m0/s1. The summed E-state index contributed by atoms with van der Waals surface area (Å²) in [5.74, 6) is -1.71. The first-order chi connectivity index (χ1) is 11.6. The number of carboxylic acids is 1. The van der Waals surface area contributed by atoms with Crippen molar-refractivity contribution in [3.8, 4) is 0 Å². The van der Waals surface area contributed by atoms with Crippen molar-refractivity contribution in [3.05, 3.63) is 29.8 Å². The maximum absolute atomic E-state index is 12.5. The monoisotopic (exact) mass is 368 g/mol. The molecule has 0 unspecified atom stereocenters. The number of sulfonamides is 1. The van der Waals surface area contributed by atoms with Crippen LogP contribution < -0.4 is 0 Å². The third kappa shape index (κ3) is 4.19. The number of carboxylic acid groups (broad SMARTS) is 1. The van der Waals surface area contributed by atoms with Crippen LogP contribution in [0.2, 0.25) is 0 Å². The van der Waals surface area contributed by atoms with E-state index >= 15 is 0 Å². The summed E-state index contributed by atoms with van der Waals surface area (Å²) in [5.41, 5.74) is 0.359. The van der Waals surface area contributed by atoms with Crippen LogP contribution in [0.25, 0.3) is 0 Å². The Hall–Kier alpha value is -1.93. The largest absolute Gasteiger partial charge is 0.481 e. The van der Waals surface area contributed by atoms with Crippen molar-refractivity contribution < 1.29 is 23.1 Å². The highest BCUT2D eigenvalue weighted by molar-refractivity contribution is 7.89. The summed E-state index contributed by atoms with van der Waals surface area (Å²) in [5, 5.41) is 9.12. The molecule has 0 bridgehead atoms. The van der Waals surface area contributed by atoms with Crippen molar-refractivity contribution in [1.82, 2.24) is 9.21 Å². The molecule has 1 saturated heterocycles. The summed E-state index contributed by atoms with van der Waals surface area (Å²) in [6, 6.07) is 5.62. The maximum atomic E-state index is 12.5. The van der Waals surface area contributed by atoms with Gasteiger partial charge in [-0.15, -0.1) is 0 Å². The zero-order valence-electron chi connectivity index (χ0n) is 14.7. The molecule has 1 fully saturated rings. The number of likely N-dealkylation sites (tertiary alicyclic amines) is 1. The molecule has 1 heterocycles. The first kappa shape index (κ1) is 19.4. The molecule has 8 heteroatoms. The lowest BCUT2D eigenvalue weighted by Gasteiger charge is -2.30. The first-order valence-corrected chi connectivity index (χ1v) is 9.68. The normalized spacial score (nSPS) is 18.6. The van der Waals surface area contributed by atoms with Gasteiger partial charge in [0.05, 0.1) is 10.8 Å². The molecule has 0 saturated carbocycles. The van der Waals surface area contributed by atoms with E-state index in [1.807, 2.05) is 0 Å².